The van der Waals surface area contributed by atoms with Gasteiger partial charge in [0.2, 0.25) is 0 Å². The van der Waals surface area contributed by atoms with Gasteiger partial charge in [-0.25, -0.2) is 0 Å². The second kappa shape index (κ2) is 4.53. The quantitative estimate of drug-likeness (QED) is 0.645. The average molecular weight is 215 g/mol. The Labute approximate surface area is 93.8 Å². The van der Waals surface area contributed by atoms with Crippen LogP contribution in [0, 0.1) is 0 Å². The Bertz CT molecular complexity index is 463. The van der Waals surface area contributed by atoms with Crippen molar-refractivity contribution < 1.29 is 4.79 Å². The molecule has 0 saturated heterocycles. The predicted octanol–water partition coefficient (Wildman–Crippen LogP) is 0.999. The van der Waals surface area contributed by atoms with Crippen molar-refractivity contribution in [3.8, 4) is 0 Å². The van der Waals surface area contributed by atoms with Gasteiger partial charge in [-0.15, -0.1) is 0 Å². The van der Waals surface area contributed by atoms with Gasteiger partial charge in [0.1, 0.15) is 0 Å². The van der Waals surface area contributed by atoms with Gasteiger partial charge in [0.25, 0.3) is 5.91 Å². The molecule has 2 rings (SSSR count). The number of carbonyl (C=O) groups is 1. The lowest BCUT2D eigenvalue weighted by Gasteiger charge is -2.11. The van der Waals surface area contributed by atoms with Crippen molar-refractivity contribution in [1.82, 2.24) is 10.6 Å². The van der Waals surface area contributed by atoms with E-state index in [9.17, 15) is 4.79 Å². The van der Waals surface area contributed by atoms with Crippen LogP contribution in [0.2, 0.25) is 0 Å². The van der Waals surface area contributed by atoms with Crippen molar-refractivity contribution in [3.63, 3.8) is 0 Å². The summed E-state index contributed by atoms with van der Waals surface area (Å²) < 4.78 is 0. The van der Waals surface area contributed by atoms with Crippen LogP contribution in [0.3, 0.4) is 0 Å². The molecule has 16 heavy (non-hydrogen) atoms. The first-order valence-electron chi connectivity index (χ1n) is 5.03. The summed E-state index contributed by atoms with van der Waals surface area (Å²) in [5, 5.41) is 5.78. The number of amides is 1. The summed E-state index contributed by atoms with van der Waals surface area (Å²) in [7, 11) is 0. The van der Waals surface area contributed by atoms with Gasteiger partial charge in [0, 0.05) is 18.4 Å². The fraction of sp³-hybridized carbons (Fsp3) is 0.0833. The Morgan fingerprint density at radius 2 is 2.19 bits per heavy atom. The highest BCUT2D eigenvalue weighted by Gasteiger charge is 2.09. The van der Waals surface area contributed by atoms with E-state index in [1.54, 1.807) is 30.5 Å². The van der Waals surface area contributed by atoms with E-state index in [-0.39, 0.29) is 5.91 Å². The number of allylic oxidation sites excluding steroid dienone is 1. The van der Waals surface area contributed by atoms with Gasteiger partial charge in [0.05, 0.1) is 11.3 Å². The molecule has 0 atom stereocenters. The van der Waals surface area contributed by atoms with Gasteiger partial charge >= 0.3 is 0 Å². The van der Waals surface area contributed by atoms with E-state index < -0.39 is 0 Å². The Kier molecular flexibility index (Phi) is 2.91. The van der Waals surface area contributed by atoms with E-state index in [2.05, 4.69) is 10.6 Å². The normalized spacial score (nSPS) is 13.9. The molecule has 0 aliphatic carbocycles. The van der Waals surface area contributed by atoms with Gasteiger partial charge in [-0.3, -0.25) is 4.79 Å². The molecule has 1 aliphatic rings. The van der Waals surface area contributed by atoms with Crippen molar-refractivity contribution in [2.75, 3.05) is 12.3 Å². The Hall–Kier alpha value is -2.23. The van der Waals surface area contributed by atoms with E-state index in [4.69, 9.17) is 5.73 Å². The Balaban J connectivity index is 2.12. The molecule has 0 fully saturated rings. The van der Waals surface area contributed by atoms with E-state index in [0.717, 1.165) is 12.2 Å². The molecule has 4 N–H and O–H groups in total. The van der Waals surface area contributed by atoms with Gasteiger partial charge in [0.15, 0.2) is 0 Å². The van der Waals surface area contributed by atoms with Gasteiger partial charge in [-0.1, -0.05) is 18.2 Å². The number of anilines is 1. The molecule has 1 amide bonds. The smallest absolute Gasteiger partial charge is 0.257 e. The largest absolute Gasteiger partial charge is 0.398 e. The highest BCUT2D eigenvalue weighted by molar-refractivity contribution is 6.00. The van der Waals surface area contributed by atoms with E-state index in [1.807, 2.05) is 12.2 Å². The topological polar surface area (TPSA) is 67.2 Å². The van der Waals surface area contributed by atoms with Crippen LogP contribution in [-0.4, -0.2) is 12.5 Å². The first-order chi connectivity index (χ1) is 7.77. The first kappa shape index (κ1) is 10.3. The standard InChI is InChI=1S/C12H13N3O/c13-11-6-2-1-5-10(11)12(16)15-9-4-3-7-14-8-9/h1-6,8,14H,7,13H2,(H,15,16). The zero-order valence-corrected chi connectivity index (χ0v) is 8.73. The molecule has 82 valence electrons. The van der Waals surface area contributed by atoms with Crippen molar-refractivity contribution >= 4 is 11.6 Å². The molecule has 1 aliphatic heterocycles. The Morgan fingerprint density at radius 3 is 2.88 bits per heavy atom. The van der Waals surface area contributed by atoms with Crippen LogP contribution in [0.4, 0.5) is 5.69 Å². The molecular formula is C12H13N3O. The summed E-state index contributed by atoms with van der Waals surface area (Å²) in [5.74, 6) is -0.197. The molecule has 4 nitrogen and oxygen atoms in total. The van der Waals surface area contributed by atoms with Gasteiger partial charge in [-0.2, -0.15) is 0 Å². The molecule has 1 heterocycles. The summed E-state index contributed by atoms with van der Waals surface area (Å²) in [6, 6.07) is 6.99. The molecule has 1 aromatic rings. The number of hydrogen-bond acceptors (Lipinski definition) is 3. The maximum absolute atomic E-state index is 11.8. The Morgan fingerprint density at radius 1 is 1.38 bits per heavy atom. The number of rotatable bonds is 2. The fourth-order valence-electron chi connectivity index (χ4n) is 1.45. The molecule has 0 unspecified atom stereocenters. The third kappa shape index (κ3) is 2.23. The summed E-state index contributed by atoms with van der Waals surface area (Å²) in [4.78, 5) is 11.8. The minimum Gasteiger partial charge on any atom is -0.398 e. The minimum absolute atomic E-state index is 0.197. The van der Waals surface area contributed by atoms with Crippen LogP contribution < -0.4 is 16.4 Å². The maximum atomic E-state index is 11.8. The third-order valence-electron chi connectivity index (χ3n) is 2.25. The molecule has 0 saturated carbocycles. The van der Waals surface area contributed by atoms with Crippen LogP contribution in [0.15, 0.2) is 48.3 Å². The average Bonchev–Trinajstić information content (AvgIpc) is 2.31. The molecule has 0 radical (unpaired) electrons. The zero-order chi connectivity index (χ0) is 11.4. The zero-order valence-electron chi connectivity index (χ0n) is 8.73. The lowest BCUT2D eigenvalue weighted by atomic mass is 10.1. The maximum Gasteiger partial charge on any atom is 0.257 e. The monoisotopic (exact) mass is 215 g/mol. The predicted molar refractivity (Wildman–Crippen MR) is 63.5 cm³/mol. The molecule has 0 spiro atoms. The van der Waals surface area contributed by atoms with Crippen LogP contribution in [-0.2, 0) is 0 Å². The van der Waals surface area contributed by atoms with Crippen molar-refractivity contribution in [1.29, 1.82) is 0 Å². The van der Waals surface area contributed by atoms with Gasteiger partial charge < -0.3 is 16.4 Å². The SMILES string of the molecule is Nc1ccccc1C(=O)NC1=CNCC=C1. The van der Waals surface area contributed by atoms with Crippen molar-refractivity contribution in [2.45, 2.75) is 0 Å². The second-order valence-electron chi connectivity index (χ2n) is 3.45. The number of carbonyl (C=O) groups excluding carboxylic acids is 1. The van der Waals surface area contributed by atoms with Crippen LogP contribution >= 0.6 is 0 Å². The third-order valence-corrected chi connectivity index (χ3v) is 2.25. The summed E-state index contributed by atoms with van der Waals surface area (Å²) >= 11 is 0. The summed E-state index contributed by atoms with van der Waals surface area (Å²) in [5.41, 5.74) is 7.42. The lowest BCUT2D eigenvalue weighted by molar-refractivity contribution is 0.0968. The fourth-order valence-corrected chi connectivity index (χ4v) is 1.45. The lowest BCUT2D eigenvalue weighted by Crippen LogP contribution is -2.26. The summed E-state index contributed by atoms with van der Waals surface area (Å²) in [6.45, 7) is 0.785. The molecular weight excluding hydrogens is 202 g/mol. The molecule has 0 aromatic heterocycles. The number of nitrogens with two attached hydrogens (primary N) is 1. The highest BCUT2D eigenvalue weighted by Crippen LogP contribution is 2.10. The van der Waals surface area contributed by atoms with Crippen LogP contribution in [0.5, 0.6) is 0 Å². The molecule has 4 heteroatoms. The van der Waals surface area contributed by atoms with Crippen LogP contribution in [0.1, 0.15) is 10.4 Å². The number of nitrogens with one attached hydrogen (secondary N) is 2. The van der Waals surface area contributed by atoms with Crippen molar-refractivity contribution in [3.05, 3.63) is 53.9 Å². The molecule has 1 aromatic carbocycles. The summed E-state index contributed by atoms with van der Waals surface area (Å²) in [6.07, 6.45) is 5.55. The molecule has 0 bridgehead atoms. The minimum atomic E-state index is -0.197. The van der Waals surface area contributed by atoms with Crippen molar-refractivity contribution in [2.24, 2.45) is 0 Å². The number of hydrogen-bond donors (Lipinski definition) is 3. The number of nitrogen functional groups attached to an aromatic ring is 1. The van der Waals surface area contributed by atoms with E-state index in [1.165, 1.54) is 0 Å². The number of para-hydroxylation sites is 1. The highest BCUT2D eigenvalue weighted by atomic mass is 16.1. The first-order valence-corrected chi connectivity index (χ1v) is 5.03. The van der Waals surface area contributed by atoms with E-state index in [0.29, 0.717) is 11.3 Å². The van der Waals surface area contributed by atoms with Gasteiger partial charge in [-0.05, 0) is 18.2 Å². The number of benzene rings is 1. The van der Waals surface area contributed by atoms with E-state index >= 15 is 0 Å². The number of dihydropyridines is 1. The second-order valence-corrected chi connectivity index (χ2v) is 3.45. The van der Waals surface area contributed by atoms with Crippen LogP contribution in [0.25, 0.3) is 0 Å².